The van der Waals surface area contributed by atoms with Crippen LogP contribution in [0.4, 0.5) is 5.69 Å². The smallest absolute Gasteiger partial charge is 0.249 e. The molecule has 27 heavy (non-hydrogen) atoms. The fourth-order valence-electron chi connectivity index (χ4n) is 4.36. The number of para-hydroxylation sites is 1. The molecule has 2 aliphatic heterocycles. The second-order valence-electron chi connectivity index (χ2n) is 7.48. The first-order chi connectivity index (χ1) is 13.2. The topological polar surface area (TPSA) is 61.6 Å². The van der Waals surface area contributed by atoms with Crippen LogP contribution >= 0.6 is 0 Å². The molecule has 2 aromatic carbocycles. The normalized spacial score (nSPS) is 19.9. The van der Waals surface area contributed by atoms with Gasteiger partial charge in [-0.25, -0.2) is 0 Å². The van der Waals surface area contributed by atoms with Crippen LogP contribution in [-0.2, 0) is 6.54 Å². The van der Waals surface area contributed by atoms with Crippen molar-refractivity contribution in [1.82, 2.24) is 10.2 Å². The molecule has 1 atom stereocenters. The zero-order chi connectivity index (χ0) is 18.6. The number of fused-ring (bicyclic) bond motifs is 1. The number of nitrogens with one attached hydrogen (secondary N) is 1. The van der Waals surface area contributed by atoms with Crippen LogP contribution in [0.2, 0.25) is 0 Å². The van der Waals surface area contributed by atoms with Gasteiger partial charge in [-0.1, -0.05) is 30.3 Å². The van der Waals surface area contributed by atoms with E-state index in [1.165, 1.54) is 11.3 Å². The number of primary amides is 1. The summed E-state index contributed by atoms with van der Waals surface area (Å²) in [5.74, 6) is -0.322. The van der Waals surface area contributed by atoms with Crippen LogP contribution in [0, 0.1) is 0 Å². The molecule has 0 saturated carbocycles. The summed E-state index contributed by atoms with van der Waals surface area (Å²) in [6, 6.07) is 16.8. The minimum atomic E-state index is -0.322. The molecule has 0 aliphatic carbocycles. The molecule has 0 bridgehead atoms. The number of piperazine rings is 1. The van der Waals surface area contributed by atoms with Crippen molar-refractivity contribution in [2.75, 3.05) is 37.6 Å². The van der Waals surface area contributed by atoms with Gasteiger partial charge in [0.05, 0.1) is 0 Å². The maximum Gasteiger partial charge on any atom is 0.249 e. The lowest BCUT2D eigenvalue weighted by atomic mass is 9.95. The number of amides is 1. The SMILES string of the molecule is NC(=O)c1cccc2c1C(CCCN1CCN(c3ccccc3)CC1)NC2. The Morgan fingerprint density at radius 1 is 1.04 bits per heavy atom. The van der Waals surface area contributed by atoms with Crippen molar-refractivity contribution >= 4 is 11.6 Å². The average molecular weight is 364 g/mol. The highest BCUT2D eigenvalue weighted by molar-refractivity contribution is 5.95. The summed E-state index contributed by atoms with van der Waals surface area (Å²) in [6.45, 7) is 6.32. The highest BCUT2D eigenvalue weighted by Gasteiger charge is 2.26. The van der Waals surface area contributed by atoms with Crippen LogP contribution in [0.5, 0.6) is 0 Å². The molecule has 4 rings (SSSR count). The van der Waals surface area contributed by atoms with Crippen LogP contribution < -0.4 is 16.0 Å². The summed E-state index contributed by atoms with van der Waals surface area (Å²) in [4.78, 5) is 16.8. The molecule has 0 radical (unpaired) electrons. The first-order valence-electron chi connectivity index (χ1n) is 9.89. The molecule has 1 fully saturated rings. The molecule has 3 N–H and O–H groups in total. The molecule has 142 valence electrons. The average Bonchev–Trinajstić information content (AvgIpc) is 3.12. The van der Waals surface area contributed by atoms with Crippen LogP contribution in [0.15, 0.2) is 48.5 Å². The van der Waals surface area contributed by atoms with E-state index in [1.807, 2.05) is 12.1 Å². The van der Waals surface area contributed by atoms with Crippen LogP contribution in [-0.4, -0.2) is 43.5 Å². The van der Waals surface area contributed by atoms with Gasteiger partial charge in [0.25, 0.3) is 0 Å². The number of rotatable bonds is 6. The number of carbonyl (C=O) groups is 1. The van der Waals surface area contributed by atoms with Crippen molar-refractivity contribution in [2.45, 2.75) is 25.4 Å². The van der Waals surface area contributed by atoms with E-state index in [9.17, 15) is 4.79 Å². The van der Waals surface area contributed by atoms with E-state index in [0.29, 0.717) is 5.56 Å². The minimum Gasteiger partial charge on any atom is -0.369 e. The fraction of sp³-hybridized carbons (Fsp3) is 0.409. The standard InChI is InChI=1S/C22H28N4O/c23-22(27)19-9-4-6-17-16-24-20(21(17)19)10-5-11-25-12-14-26(15-13-25)18-7-2-1-3-8-18/h1-4,6-9,20,24H,5,10-16H2,(H2,23,27). The summed E-state index contributed by atoms with van der Waals surface area (Å²) >= 11 is 0. The number of hydrogen-bond acceptors (Lipinski definition) is 4. The molecule has 0 spiro atoms. The number of anilines is 1. The van der Waals surface area contributed by atoms with E-state index in [-0.39, 0.29) is 11.9 Å². The van der Waals surface area contributed by atoms with Crippen LogP contribution in [0.1, 0.15) is 40.4 Å². The Labute approximate surface area is 161 Å². The van der Waals surface area contributed by atoms with E-state index in [4.69, 9.17) is 5.73 Å². The van der Waals surface area contributed by atoms with Gasteiger partial charge in [-0.2, -0.15) is 0 Å². The quantitative estimate of drug-likeness (QED) is 0.827. The summed E-state index contributed by atoms with van der Waals surface area (Å²) in [5, 5.41) is 3.55. The first kappa shape index (κ1) is 18.0. The predicted molar refractivity (Wildman–Crippen MR) is 109 cm³/mol. The Bertz CT molecular complexity index is 784. The Balaban J connectivity index is 1.27. The summed E-state index contributed by atoms with van der Waals surface area (Å²) in [5.41, 5.74) is 9.92. The van der Waals surface area contributed by atoms with Crippen LogP contribution in [0.25, 0.3) is 0 Å². The molecule has 0 aromatic heterocycles. The van der Waals surface area contributed by atoms with E-state index in [2.05, 4.69) is 51.5 Å². The molecule has 2 aromatic rings. The molecule has 5 heteroatoms. The Morgan fingerprint density at radius 3 is 2.56 bits per heavy atom. The van der Waals surface area contributed by atoms with Gasteiger partial charge in [-0.05, 0) is 48.7 Å². The predicted octanol–water partition coefficient (Wildman–Crippen LogP) is 2.53. The van der Waals surface area contributed by atoms with Gasteiger partial charge >= 0.3 is 0 Å². The molecule has 1 amide bonds. The third-order valence-electron chi connectivity index (χ3n) is 5.81. The van der Waals surface area contributed by atoms with Gasteiger partial charge in [-0.15, -0.1) is 0 Å². The zero-order valence-electron chi connectivity index (χ0n) is 15.7. The highest BCUT2D eigenvalue weighted by atomic mass is 16.1. The Kier molecular flexibility index (Phi) is 5.41. The molecule has 2 aliphatic rings. The molecular formula is C22H28N4O. The van der Waals surface area contributed by atoms with Gasteiger partial charge in [0.15, 0.2) is 0 Å². The van der Waals surface area contributed by atoms with Gasteiger partial charge in [0.1, 0.15) is 0 Å². The van der Waals surface area contributed by atoms with Crippen molar-refractivity contribution in [1.29, 1.82) is 0 Å². The van der Waals surface area contributed by atoms with Crippen molar-refractivity contribution in [3.63, 3.8) is 0 Å². The number of nitrogens with two attached hydrogens (primary N) is 1. The van der Waals surface area contributed by atoms with Gasteiger partial charge in [0.2, 0.25) is 5.91 Å². The highest BCUT2D eigenvalue weighted by Crippen LogP contribution is 2.31. The fourth-order valence-corrected chi connectivity index (χ4v) is 4.36. The minimum absolute atomic E-state index is 0.245. The van der Waals surface area contributed by atoms with Gasteiger partial charge < -0.3 is 16.0 Å². The molecular weight excluding hydrogens is 336 g/mol. The first-order valence-corrected chi connectivity index (χ1v) is 9.89. The molecule has 2 heterocycles. The van der Waals surface area contributed by atoms with E-state index in [1.54, 1.807) is 0 Å². The maximum absolute atomic E-state index is 11.8. The number of hydrogen-bond donors (Lipinski definition) is 2. The Morgan fingerprint density at radius 2 is 1.81 bits per heavy atom. The second-order valence-corrected chi connectivity index (χ2v) is 7.48. The molecule has 1 saturated heterocycles. The van der Waals surface area contributed by atoms with Crippen molar-refractivity contribution in [2.24, 2.45) is 5.73 Å². The second kappa shape index (κ2) is 8.11. The van der Waals surface area contributed by atoms with E-state index >= 15 is 0 Å². The van der Waals surface area contributed by atoms with Crippen molar-refractivity contribution in [3.8, 4) is 0 Å². The van der Waals surface area contributed by atoms with Gasteiger partial charge in [-0.3, -0.25) is 9.69 Å². The lowest BCUT2D eigenvalue weighted by molar-refractivity contribution is 0.0999. The summed E-state index contributed by atoms with van der Waals surface area (Å²) in [6.07, 6.45) is 2.16. The number of carbonyl (C=O) groups excluding carboxylic acids is 1. The summed E-state index contributed by atoms with van der Waals surface area (Å²) in [7, 11) is 0. The lowest BCUT2D eigenvalue weighted by Gasteiger charge is -2.36. The zero-order valence-corrected chi connectivity index (χ0v) is 15.7. The Hall–Kier alpha value is -2.37. The van der Waals surface area contributed by atoms with Crippen molar-refractivity contribution < 1.29 is 4.79 Å². The lowest BCUT2D eigenvalue weighted by Crippen LogP contribution is -2.46. The summed E-state index contributed by atoms with van der Waals surface area (Å²) < 4.78 is 0. The molecule has 5 nitrogen and oxygen atoms in total. The van der Waals surface area contributed by atoms with E-state index in [0.717, 1.165) is 57.7 Å². The number of benzene rings is 2. The third-order valence-corrected chi connectivity index (χ3v) is 5.81. The monoisotopic (exact) mass is 364 g/mol. The maximum atomic E-state index is 11.8. The van der Waals surface area contributed by atoms with Crippen molar-refractivity contribution in [3.05, 3.63) is 65.2 Å². The molecule has 1 unspecified atom stereocenters. The van der Waals surface area contributed by atoms with Crippen LogP contribution in [0.3, 0.4) is 0 Å². The van der Waals surface area contributed by atoms with Gasteiger partial charge in [0, 0.05) is 50.0 Å². The van der Waals surface area contributed by atoms with E-state index < -0.39 is 0 Å². The largest absolute Gasteiger partial charge is 0.369 e. The number of nitrogens with zero attached hydrogens (tertiary/aromatic N) is 2. The third kappa shape index (κ3) is 3.99.